The lowest BCUT2D eigenvalue weighted by molar-refractivity contribution is 0.171. The zero-order valence-corrected chi connectivity index (χ0v) is 8.21. The summed E-state index contributed by atoms with van der Waals surface area (Å²) in [4.78, 5) is 0. The van der Waals surface area contributed by atoms with Crippen LogP contribution in [0.4, 0.5) is 0 Å². The minimum atomic E-state index is 0.717. The second-order valence-corrected chi connectivity index (χ2v) is 4.70. The van der Waals surface area contributed by atoms with Crippen LogP contribution in [0.3, 0.4) is 0 Å². The molecule has 0 bridgehead atoms. The second kappa shape index (κ2) is 3.41. The molecule has 4 unspecified atom stereocenters. The normalized spacial score (nSPS) is 45.0. The van der Waals surface area contributed by atoms with Gasteiger partial charge >= 0.3 is 0 Å². The van der Waals surface area contributed by atoms with Crippen LogP contribution in [0, 0.1) is 11.8 Å². The van der Waals surface area contributed by atoms with E-state index in [2.05, 4.69) is 14.6 Å². The zero-order chi connectivity index (χ0) is 7.68. The maximum absolute atomic E-state index is 3.54. The summed E-state index contributed by atoms with van der Waals surface area (Å²) < 4.78 is 0. The van der Waals surface area contributed by atoms with Gasteiger partial charge in [0.05, 0.1) is 0 Å². The fourth-order valence-electron chi connectivity index (χ4n) is 2.65. The highest BCUT2D eigenvalue weighted by atomic mass is 31.0. The standard InChI is InChI=1S/C9H18NP/c11-9-8-4-2-1-3-7(8)5-6-10-9/h7-10H,1-6,11H2. The van der Waals surface area contributed by atoms with E-state index in [0.717, 1.165) is 11.8 Å². The van der Waals surface area contributed by atoms with Gasteiger partial charge in [0.25, 0.3) is 0 Å². The van der Waals surface area contributed by atoms with Crippen LogP contribution in [0.1, 0.15) is 32.1 Å². The van der Waals surface area contributed by atoms with Gasteiger partial charge in [0.1, 0.15) is 0 Å². The van der Waals surface area contributed by atoms with Gasteiger partial charge in [0.2, 0.25) is 0 Å². The topological polar surface area (TPSA) is 12.0 Å². The van der Waals surface area contributed by atoms with Crippen molar-refractivity contribution in [3.8, 4) is 0 Å². The Kier molecular flexibility index (Phi) is 2.48. The average Bonchev–Trinajstić information content (AvgIpc) is 2.06. The van der Waals surface area contributed by atoms with Crippen molar-refractivity contribution in [3.05, 3.63) is 0 Å². The maximum atomic E-state index is 3.54. The number of fused-ring (bicyclic) bond motifs is 1. The quantitative estimate of drug-likeness (QED) is 0.549. The summed E-state index contributed by atoms with van der Waals surface area (Å²) in [6.07, 6.45) is 7.34. The molecule has 64 valence electrons. The van der Waals surface area contributed by atoms with E-state index < -0.39 is 0 Å². The third-order valence-electron chi connectivity index (χ3n) is 3.32. The van der Waals surface area contributed by atoms with Crippen molar-refractivity contribution in [2.45, 2.75) is 37.9 Å². The highest BCUT2D eigenvalue weighted by Crippen LogP contribution is 2.38. The number of rotatable bonds is 0. The summed E-state index contributed by atoms with van der Waals surface area (Å²) in [5, 5.41) is 3.54. The molecule has 1 saturated heterocycles. The Morgan fingerprint density at radius 2 is 1.91 bits per heavy atom. The Bertz CT molecular complexity index is 136. The molecule has 11 heavy (non-hydrogen) atoms. The van der Waals surface area contributed by atoms with E-state index in [0.29, 0.717) is 5.78 Å². The van der Waals surface area contributed by atoms with Crippen molar-refractivity contribution >= 4 is 9.24 Å². The minimum Gasteiger partial charge on any atom is -0.310 e. The van der Waals surface area contributed by atoms with Crippen LogP contribution in [0.2, 0.25) is 0 Å². The minimum absolute atomic E-state index is 0.717. The first-order valence-electron chi connectivity index (χ1n) is 4.87. The van der Waals surface area contributed by atoms with E-state index in [1.54, 1.807) is 0 Å². The van der Waals surface area contributed by atoms with Gasteiger partial charge in [-0.2, -0.15) is 0 Å². The third-order valence-corrected chi connectivity index (χ3v) is 4.05. The molecule has 1 heterocycles. The van der Waals surface area contributed by atoms with Crippen LogP contribution in [-0.4, -0.2) is 12.3 Å². The second-order valence-electron chi connectivity index (χ2n) is 3.98. The Morgan fingerprint density at radius 3 is 2.73 bits per heavy atom. The molecule has 2 heteroatoms. The molecule has 2 aliphatic rings. The van der Waals surface area contributed by atoms with Crippen molar-refractivity contribution in [1.29, 1.82) is 0 Å². The van der Waals surface area contributed by atoms with Crippen LogP contribution >= 0.6 is 9.24 Å². The summed E-state index contributed by atoms with van der Waals surface area (Å²) in [7, 11) is 2.97. The lowest BCUT2D eigenvalue weighted by Crippen LogP contribution is -2.43. The molecule has 1 nitrogen and oxygen atoms in total. The van der Waals surface area contributed by atoms with Crippen LogP contribution < -0.4 is 5.32 Å². The van der Waals surface area contributed by atoms with Crippen LogP contribution in [-0.2, 0) is 0 Å². The van der Waals surface area contributed by atoms with E-state index in [1.165, 1.54) is 38.6 Å². The first-order valence-corrected chi connectivity index (χ1v) is 5.53. The fraction of sp³-hybridized carbons (Fsp3) is 1.00. The van der Waals surface area contributed by atoms with Crippen molar-refractivity contribution in [2.75, 3.05) is 6.54 Å². The van der Waals surface area contributed by atoms with E-state index >= 15 is 0 Å². The Balaban J connectivity index is 1.99. The van der Waals surface area contributed by atoms with E-state index in [9.17, 15) is 0 Å². The van der Waals surface area contributed by atoms with Gasteiger partial charge in [-0.3, -0.25) is 0 Å². The third kappa shape index (κ3) is 1.60. The molecule has 0 aromatic heterocycles. The number of piperidine rings is 1. The average molecular weight is 171 g/mol. The Labute approximate surface area is 71.5 Å². The smallest absolute Gasteiger partial charge is 0.0242 e. The van der Waals surface area contributed by atoms with Crippen molar-refractivity contribution in [1.82, 2.24) is 5.32 Å². The molecule has 2 fully saturated rings. The SMILES string of the molecule is PC1NCCC2CCCCC21. The fourth-order valence-corrected chi connectivity index (χ4v) is 3.33. The molecule has 1 saturated carbocycles. The predicted octanol–water partition coefficient (Wildman–Crippen LogP) is 1.99. The summed E-state index contributed by atoms with van der Waals surface area (Å²) in [6.45, 7) is 1.25. The molecular formula is C9H18NP. The highest BCUT2D eigenvalue weighted by Gasteiger charge is 2.31. The first-order chi connectivity index (χ1) is 5.38. The van der Waals surface area contributed by atoms with Crippen LogP contribution in [0.15, 0.2) is 0 Å². The molecule has 0 radical (unpaired) electrons. The van der Waals surface area contributed by atoms with Gasteiger partial charge in [-0.1, -0.05) is 19.3 Å². The van der Waals surface area contributed by atoms with E-state index in [4.69, 9.17) is 0 Å². The van der Waals surface area contributed by atoms with Crippen molar-refractivity contribution in [2.24, 2.45) is 11.8 Å². The molecule has 0 amide bonds. The van der Waals surface area contributed by atoms with Gasteiger partial charge in [-0.05, 0) is 31.2 Å². The molecule has 1 aliphatic carbocycles. The van der Waals surface area contributed by atoms with E-state index in [-0.39, 0.29) is 0 Å². The van der Waals surface area contributed by atoms with Gasteiger partial charge in [-0.25, -0.2) is 0 Å². The molecule has 1 N–H and O–H groups in total. The lowest BCUT2D eigenvalue weighted by atomic mass is 9.75. The molecule has 0 aromatic carbocycles. The van der Waals surface area contributed by atoms with Crippen LogP contribution in [0.5, 0.6) is 0 Å². The monoisotopic (exact) mass is 171 g/mol. The molecule has 4 atom stereocenters. The van der Waals surface area contributed by atoms with Gasteiger partial charge in [0, 0.05) is 5.78 Å². The predicted molar refractivity (Wildman–Crippen MR) is 51.6 cm³/mol. The van der Waals surface area contributed by atoms with Gasteiger partial charge in [0.15, 0.2) is 0 Å². The number of hydrogen-bond acceptors (Lipinski definition) is 1. The van der Waals surface area contributed by atoms with Gasteiger partial charge in [-0.15, -0.1) is 9.24 Å². The number of nitrogens with one attached hydrogen (secondary N) is 1. The molecule has 0 spiro atoms. The molecule has 2 rings (SSSR count). The van der Waals surface area contributed by atoms with E-state index in [1.807, 2.05) is 0 Å². The Morgan fingerprint density at radius 1 is 1.09 bits per heavy atom. The van der Waals surface area contributed by atoms with Crippen molar-refractivity contribution in [3.63, 3.8) is 0 Å². The lowest BCUT2D eigenvalue weighted by Gasteiger charge is -2.40. The molecule has 0 aromatic rings. The molecular weight excluding hydrogens is 153 g/mol. The van der Waals surface area contributed by atoms with Crippen LogP contribution in [0.25, 0.3) is 0 Å². The highest BCUT2D eigenvalue weighted by molar-refractivity contribution is 7.17. The Hall–Kier alpha value is 0.390. The molecule has 1 aliphatic heterocycles. The van der Waals surface area contributed by atoms with Gasteiger partial charge < -0.3 is 5.32 Å². The summed E-state index contributed by atoms with van der Waals surface area (Å²) >= 11 is 0. The summed E-state index contributed by atoms with van der Waals surface area (Å²) in [5.41, 5.74) is 0. The summed E-state index contributed by atoms with van der Waals surface area (Å²) in [6, 6.07) is 0. The van der Waals surface area contributed by atoms with Crippen molar-refractivity contribution < 1.29 is 0 Å². The number of hydrogen-bond donors (Lipinski definition) is 1. The summed E-state index contributed by atoms with van der Waals surface area (Å²) in [5.74, 6) is 2.74. The largest absolute Gasteiger partial charge is 0.310 e. The zero-order valence-electron chi connectivity index (χ0n) is 7.05. The first kappa shape index (κ1) is 8.01. The maximum Gasteiger partial charge on any atom is 0.0242 e.